The minimum absolute atomic E-state index is 0.652. The normalized spacial score (nSPS) is 10.6. The fraction of sp³-hybridized carbons (Fsp3) is 0.308. The molecule has 0 spiro atoms. The molecule has 1 aromatic heterocycles. The molecule has 0 unspecified atom stereocenters. The molecule has 0 saturated heterocycles. The monoisotopic (exact) mass is 230 g/mol. The molecule has 2 aromatic rings. The molecule has 0 aliphatic carbocycles. The Morgan fingerprint density at radius 2 is 2.06 bits per heavy atom. The zero-order chi connectivity index (χ0) is 11.9. The lowest BCUT2D eigenvalue weighted by Crippen LogP contribution is -2.23. The lowest BCUT2D eigenvalue weighted by atomic mass is 10.2. The molecule has 90 valence electrons. The third-order valence-corrected chi connectivity index (χ3v) is 2.60. The van der Waals surface area contributed by atoms with E-state index in [4.69, 9.17) is 5.73 Å². The Hall–Kier alpha value is -1.65. The van der Waals surface area contributed by atoms with Crippen molar-refractivity contribution in [2.45, 2.75) is 13.1 Å². The highest BCUT2D eigenvalue weighted by Crippen LogP contribution is 2.05. The molecule has 4 nitrogen and oxygen atoms in total. The van der Waals surface area contributed by atoms with Gasteiger partial charge in [-0.25, -0.2) is 4.98 Å². The predicted octanol–water partition coefficient (Wildman–Crippen LogP) is 0.980. The summed E-state index contributed by atoms with van der Waals surface area (Å²) in [5.41, 5.74) is 6.72. The fourth-order valence-corrected chi connectivity index (χ4v) is 1.73. The standard InChI is InChI=1S/C13H18N4/c14-6-7-15-10-13-16-8-9-17(13)11-12-4-2-1-3-5-12/h1-5,8-9,15H,6-7,10-11,14H2. The van der Waals surface area contributed by atoms with E-state index in [9.17, 15) is 0 Å². The van der Waals surface area contributed by atoms with E-state index in [1.807, 2.05) is 18.5 Å². The summed E-state index contributed by atoms with van der Waals surface area (Å²) in [5.74, 6) is 1.04. The number of hydrogen-bond acceptors (Lipinski definition) is 3. The molecular weight excluding hydrogens is 212 g/mol. The number of nitrogens with zero attached hydrogens (tertiary/aromatic N) is 2. The molecule has 1 aromatic carbocycles. The lowest BCUT2D eigenvalue weighted by Gasteiger charge is -2.08. The SMILES string of the molecule is NCCNCc1nccn1Cc1ccccc1. The first-order chi connectivity index (χ1) is 8.40. The van der Waals surface area contributed by atoms with E-state index in [1.165, 1.54) is 5.56 Å². The summed E-state index contributed by atoms with van der Waals surface area (Å²) in [7, 11) is 0. The molecule has 4 heteroatoms. The summed E-state index contributed by atoms with van der Waals surface area (Å²) in [6.45, 7) is 3.09. The molecule has 1 heterocycles. The molecule has 0 radical (unpaired) electrons. The first kappa shape index (κ1) is 11.8. The zero-order valence-electron chi connectivity index (χ0n) is 9.84. The van der Waals surface area contributed by atoms with E-state index in [0.29, 0.717) is 6.54 Å². The van der Waals surface area contributed by atoms with Gasteiger partial charge in [-0.1, -0.05) is 30.3 Å². The van der Waals surface area contributed by atoms with Gasteiger partial charge in [0.1, 0.15) is 5.82 Å². The van der Waals surface area contributed by atoms with Crippen LogP contribution in [0.1, 0.15) is 11.4 Å². The number of benzene rings is 1. The van der Waals surface area contributed by atoms with E-state index in [0.717, 1.165) is 25.5 Å². The number of hydrogen-bond donors (Lipinski definition) is 2. The van der Waals surface area contributed by atoms with Gasteiger partial charge in [0.15, 0.2) is 0 Å². The van der Waals surface area contributed by atoms with E-state index in [1.54, 1.807) is 0 Å². The second-order valence-corrected chi connectivity index (χ2v) is 3.92. The van der Waals surface area contributed by atoms with Crippen molar-refractivity contribution in [1.82, 2.24) is 14.9 Å². The summed E-state index contributed by atoms with van der Waals surface area (Å²) >= 11 is 0. The molecule has 3 N–H and O–H groups in total. The first-order valence-electron chi connectivity index (χ1n) is 5.85. The van der Waals surface area contributed by atoms with Gasteiger partial charge in [-0.2, -0.15) is 0 Å². The van der Waals surface area contributed by atoms with Gasteiger partial charge in [0.2, 0.25) is 0 Å². The van der Waals surface area contributed by atoms with E-state index in [2.05, 4.69) is 39.1 Å². The van der Waals surface area contributed by atoms with Gasteiger partial charge in [-0.3, -0.25) is 0 Å². The second-order valence-electron chi connectivity index (χ2n) is 3.92. The predicted molar refractivity (Wildman–Crippen MR) is 68.5 cm³/mol. The Balaban J connectivity index is 1.99. The number of nitrogens with one attached hydrogen (secondary N) is 1. The van der Waals surface area contributed by atoms with Crippen LogP contribution in [0, 0.1) is 0 Å². The molecule has 0 fully saturated rings. The van der Waals surface area contributed by atoms with Crippen LogP contribution >= 0.6 is 0 Å². The van der Waals surface area contributed by atoms with Crippen LogP contribution in [-0.2, 0) is 13.1 Å². The third-order valence-electron chi connectivity index (χ3n) is 2.60. The average Bonchev–Trinajstić information content (AvgIpc) is 2.79. The third kappa shape index (κ3) is 3.41. The van der Waals surface area contributed by atoms with Crippen molar-refractivity contribution in [1.29, 1.82) is 0 Å². The molecule has 2 rings (SSSR count). The van der Waals surface area contributed by atoms with Crippen LogP contribution in [-0.4, -0.2) is 22.6 Å². The Bertz CT molecular complexity index is 436. The van der Waals surface area contributed by atoms with Crippen LogP contribution in [0.5, 0.6) is 0 Å². The highest BCUT2D eigenvalue weighted by Gasteiger charge is 2.02. The maximum Gasteiger partial charge on any atom is 0.122 e. The molecule has 0 amide bonds. The van der Waals surface area contributed by atoms with Gasteiger partial charge < -0.3 is 15.6 Å². The van der Waals surface area contributed by atoms with Crippen molar-refractivity contribution in [3.63, 3.8) is 0 Å². The molecular formula is C13H18N4. The number of nitrogens with two attached hydrogens (primary N) is 1. The summed E-state index contributed by atoms with van der Waals surface area (Å²) in [5, 5.41) is 3.26. The minimum atomic E-state index is 0.652. The maximum atomic E-state index is 5.44. The first-order valence-corrected chi connectivity index (χ1v) is 5.85. The van der Waals surface area contributed by atoms with Gasteiger partial charge >= 0.3 is 0 Å². The van der Waals surface area contributed by atoms with Crippen molar-refractivity contribution in [2.75, 3.05) is 13.1 Å². The summed E-state index contributed by atoms with van der Waals surface area (Å²) in [6.07, 6.45) is 3.84. The summed E-state index contributed by atoms with van der Waals surface area (Å²) in [6, 6.07) is 10.4. The van der Waals surface area contributed by atoms with Crippen LogP contribution in [0.25, 0.3) is 0 Å². The maximum absolute atomic E-state index is 5.44. The number of rotatable bonds is 6. The minimum Gasteiger partial charge on any atom is -0.329 e. The van der Waals surface area contributed by atoms with Crippen molar-refractivity contribution < 1.29 is 0 Å². The Morgan fingerprint density at radius 1 is 1.24 bits per heavy atom. The number of aromatic nitrogens is 2. The van der Waals surface area contributed by atoms with E-state index < -0.39 is 0 Å². The Morgan fingerprint density at radius 3 is 2.82 bits per heavy atom. The van der Waals surface area contributed by atoms with Crippen LogP contribution in [0.2, 0.25) is 0 Å². The molecule has 0 bridgehead atoms. The van der Waals surface area contributed by atoms with Crippen LogP contribution in [0.15, 0.2) is 42.7 Å². The molecule has 0 aliphatic rings. The van der Waals surface area contributed by atoms with E-state index >= 15 is 0 Å². The van der Waals surface area contributed by atoms with Gasteiger partial charge in [-0.15, -0.1) is 0 Å². The topological polar surface area (TPSA) is 55.9 Å². The fourth-order valence-electron chi connectivity index (χ4n) is 1.73. The average molecular weight is 230 g/mol. The molecule has 0 saturated carbocycles. The van der Waals surface area contributed by atoms with Gasteiger partial charge in [0, 0.05) is 32.0 Å². The largest absolute Gasteiger partial charge is 0.329 e. The van der Waals surface area contributed by atoms with Crippen LogP contribution in [0.3, 0.4) is 0 Å². The van der Waals surface area contributed by atoms with Gasteiger partial charge in [0.25, 0.3) is 0 Å². The second kappa shape index (κ2) is 6.18. The zero-order valence-corrected chi connectivity index (χ0v) is 9.84. The molecule has 0 atom stereocenters. The Kier molecular flexibility index (Phi) is 4.30. The van der Waals surface area contributed by atoms with Crippen molar-refractivity contribution in [3.05, 3.63) is 54.1 Å². The Labute approximate surface area is 101 Å². The summed E-state index contributed by atoms with van der Waals surface area (Å²) < 4.78 is 2.15. The highest BCUT2D eigenvalue weighted by atomic mass is 15.1. The van der Waals surface area contributed by atoms with E-state index in [-0.39, 0.29) is 0 Å². The number of imidazole rings is 1. The molecule has 0 aliphatic heterocycles. The lowest BCUT2D eigenvalue weighted by molar-refractivity contribution is 0.626. The van der Waals surface area contributed by atoms with Gasteiger partial charge in [0.05, 0.1) is 6.54 Å². The quantitative estimate of drug-likeness (QED) is 0.727. The van der Waals surface area contributed by atoms with Crippen molar-refractivity contribution >= 4 is 0 Å². The van der Waals surface area contributed by atoms with Gasteiger partial charge in [-0.05, 0) is 5.56 Å². The summed E-state index contributed by atoms with van der Waals surface area (Å²) in [4.78, 5) is 4.34. The van der Waals surface area contributed by atoms with Crippen LogP contribution < -0.4 is 11.1 Å². The smallest absolute Gasteiger partial charge is 0.122 e. The van der Waals surface area contributed by atoms with Crippen molar-refractivity contribution in [2.24, 2.45) is 5.73 Å². The van der Waals surface area contributed by atoms with Crippen LogP contribution in [0.4, 0.5) is 0 Å². The highest BCUT2D eigenvalue weighted by molar-refractivity contribution is 5.15. The molecule has 17 heavy (non-hydrogen) atoms. The van der Waals surface area contributed by atoms with Crippen molar-refractivity contribution in [3.8, 4) is 0 Å².